The second kappa shape index (κ2) is 11.1. The van der Waals surface area contributed by atoms with E-state index in [1.54, 1.807) is 13.8 Å². The van der Waals surface area contributed by atoms with E-state index in [4.69, 9.17) is 5.73 Å². The Morgan fingerprint density at radius 2 is 1.82 bits per heavy atom. The lowest BCUT2D eigenvalue weighted by molar-refractivity contribution is 0.0630. The zero-order chi connectivity index (χ0) is 23.8. The highest BCUT2D eigenvalue weighted by Gasteiger charge is 2.23. The van der Waals surface area contributed by atoms with Gasteiger partial charge in [0.15, 0.2) is 11.5 Å². The highest BCUT2D eigenvalue weighted by Crippen LogP contribution is 2.27. The number of H-pyrrole nitrogens is 1. The molecule has 4 N–H and O–H groups in total. The summed E-state index contributed by atoms with van der Waals surface area (Å²) in [6, 6.07) is 9.53. The molecule has 0 spiro atoms. The summed E-state index contributed by atoms with van der Waals surface area (Å²) < 4.78 is 10.3. The van der Waals surface area contributed by atoms with Crippen LogP contribution in [-0.2, 0) is 16.0 Å². The lowest BCUT2D eigenvalue weighted by Crippen LogP contribution is -2.28. The Labute approximate surface area is 190 Å². The van der Waals surface area contributed by atoms with Crippen LogP contribution in [0.5, 0.6) is 0 Å². The van der Waals surface area contributed by atoms with Crippen molar-refractivity contribution in [2.45, 2.75) is 33.2 Å². The fourth-order valence-corrected chi connectivity index (χ4v) is 2.98. The monoisotopic (exact) mass is 456 g/mol. The number of carbonyl (C=O) groups excluding carboxylic acids is 2. The van der Waals surface area contributed by atoms with Crippen LogP contribution in [0.1, 0.15) is 42.9 Å². The molecule has 0 bridgehead atoms. The number of hydrogen-bond acceptors (Lipinski definition) is 8. The maximum absolute atomic E-state index is 12.3. The van der Waals surface area contributed by atoms with Crippen molar-refractivity contribution < 1.29 is 19.1 Å². The summed E-state index contributed by atoms with van der Waals surface area (Å²) in [7, 11) is 0. The Kier molecular flexibility index (Phi) is 8.01. The molecule has 33 heavy (non-hydrogen) atoms. The van der Waals surface area contributed by atoms with Crippen LogP contribution in [0, 0.1) is 5.92 Å². The predicted molar refractivity (Wildman–Crippen MR) is 122 cm³/mol. The number of nitrogens with zero attached hydrogens (tertiary/aromatic N) is 3. The summed E-state index contributed by atoms with van der Waals surface area (Å²) in [5.74, 6) is 0.242. The van der Waals surface area contributed by atoms with Crippen LogP contribution in [0.4, 0.5) is 10.6 Å². The van der Waals surface area contributed by atoms with Crippen LogP contribution in [0.15, 0.2) is 35.1 Å². The number of aromatic nitrogens is 4. The average molecular weight is 457 g/mol. The molecule has 1 aliphatic rings. The average Bonchev–Trinajstić information content (AvgIpc) is 3.58. The van der Waals surface area contributed by atoms with E-state index >= 15 is 0 Å². The Bertz CT molecular complexity index is 1150. The number of rotatable bonds is 7. The third-order valence-corrected chi connectivity index (χ3v) is 4.81. The fourth-order valence-electron chi connectivity index (χ4n) is 2.98. The second-order valence-corrected chi connectivity index (χ2v) is 7.40. The first kappa shape index (κ1) is 23.8. The topological polar surface area (TPSA) is 154 Å². The SMILES string of the molecule is CCOC(=O)OCC.Nc1nc(C(=O)NCC2CC2)nc2c1[nH]c(=O)n2Cc1ccccc1. The Hall–Kier alpha value is -3.89. The summed E-state index contributed by atoms with van der Waals surface area (Å²) in [6.45, 7) is 5.16. The number of ether oxygens (including phenoxy) is 2. The maximum Gasteiger partial charge on any atom is 0.508 e. The number of fused-ring (bicyclic) bond motifs is 1. The molecule has 3 aromatic rings. The number of nitrogens with one attached hydrogen (secondary N) is 2. The Morgan fingerprint density at radius 3 is 2.42 bits per heavy atom. The molecule has 11 nitrogen and oxygen atoms in total. The quantitative estimate of drug-likeness (QED) is 0.457. The molecule has 2 aromatic heterocycles. The van der Waals surface area contributed by atoms with Gasteiger partial charge in [-0.1, -0.05) is 30.3 Å². The van der Waals surface area contributed by atoms with E-state index in [1.165, 1.54) is 4.57 Å². The summed E-state index contributed by atoms with van der Waals surface area (Å²) >= 11 is 0. The van der Waals surface area contributed by atoms with Gasteiger partial charge in [-0.3, -0.25) is 9.36 Å². The minimum Gasteiger partial charge on any atom is -0.435 e. The number of imidazole rings is 1. The van der Waals surface area contributed by atoms with E-state index in [9.17, 15) is 14.4 Å². The van der Waals surface area contributed by atoms with Gasteiger partial charge in [0.2, 0.25) is 5.82 Å². The number of anilines is 1. The van der Waals surface area contributed by atoms with Crippen molar-refractivity contribution in [2.75, 3.05) is 25.5 Å². The van der Waals surface area contributed by atoms with Gasteiger partial charge in [-0.05, 0) is 38.2 Å². The van der Waals surface area contributed by atoms with Crippen molar-refractivity contribution in [2.24, 2.45) is 5.92 Å². The van der Waals surface area contributed by atoms with Crippen molar-refractivity contribution in [3.8, 4) is 0 Å². The number of nitrogen functional groups attached to an aromatic ring is 1. The third-order valence-electron chi connectivity index (χ3n) is 4.81. The van der Waals surface area contributed by atoms with Gasteiger partial charge in [0, 0.05) is 6.54 Å². The zero-order valence-corrected chi connectivity index (χ0v) is 18.7. The third kappa shape index (κ3) is 6.55. The summed E-state index contributed by atoms with van der Waals surface area (Å²) in [5.41, 5.74) is 7.21. The van der Waals surface area contributed by atoms with E-state index in [2.05, 4.69) is 29.7 Å². The number of aromatic amines is 1. The molecule has 1 fully saturated rings. The normalized spacial score (nSPS) is 12.5. The van der Waals surface area contributed by atoms with Crippen molar-refractivity contribution in [1.82, 2.24) is 24.8 Å². The van der Waals surface area contributed by atoms with Gasteiger partial charge in [-0.25, -0.2) is 19.6 Å². The van der Waals surface area contributed by atoms with Crippen molar-refractivity contribution in [1.29, 1.82) is 0 Å². The lowest BCUT2D eigenvalue weighted by atomic mass is 10.2. The van der Waals surface area contributed by atoms with Gasteiger partial charge in [0.05, 0.1) is 19.8 Å². The van der Waals surface area contributed by atoms with E-state index in [-0.39, 0.29) is 23.2 Å². The Balaban J connectivity index is 0.000000331. The number of carbonyl (C=O) groups is 2. The number of benzene rings is 1. The molecule has 0 radical (unpaired) electrons. The molecule has 1 amide bonds. The summed E-state index contributed by atoms with van der Waals surface area (Å²) in [5, 5.41) is 2.81. The molecule has 4 rings (SSSR count). The molecular weight excluding hydrogens is 428 g/mol. The van der Waals surface area contributed by atoms with Gasteiger partial charge in [-0.15, -0.1) is 0 Å². The number of hydrogen-bond donors (Lipinski definition) is 3. The van der Waals surface area contributed by atoms with Crippen LogP contribution in [-0.4, -0.2) is 51.3 Å². The van der Waals surface area contributed by atoms with Crippen LogP contribution in [0.2, 0.25) is 0 Å². The van der Waals surface area contributed by atoms with Gasteiger partial charge in [0.1, 0.15) is 5.52 Å². The highest BCUT2D eigenvalue weighted by atomic mass is 16.7. The van der Waals surface area contributed by atoms with Gasteiger partial charge in [-0.2, -0.15) is 0 Å². The molecular formula is C22H28N6O5. The minimum absolute atomic E-state index is 0.0218. The molecule has 1 aromatic carbocycles. The van der Waals surface area contributed by atoms with Crippen molar-refractivity contribution in [3.63, 3.8) is 0 Å². The second-order valence-electron chi connectivity index (χ2n) is 7.40. The van der Waals surface area contributed by atoms with Crippen LogP contribution in [0.3, 0.4) is 0 Å². The molecule has 1 saturated carbocycles. The molecule has 1 aliphatic carbocycles. The molecule has 0 atom stereocenters. The maximum atomic E-state index is 12.3. The van der Waals surface area contributed by atoms with Gasteiger partial charge >= 0.3 is 11.8 Å². The zero-order valence-electron chi connectivity index (χ0n) is 18.7. The lowest BCUT2D eigenvalue weighted by Gasteiger charge is -2.06. The van der Waals surface area contributed by atoms with Crippen LogP contribution in [0.25, 0.3) is 11.2 Å². The fraction of sp³-hybridized carbons (Fsp3) is 0.409. The first-order valence-corrected chi connectivity index (χ1v) is 10.8. The summed E-state index contributed by atoms with van der Waals surface area (Å²) in [4.78, 5) is 45.7. The standard InChI is InChI=1S/C17H18N6O2.C5H10O3/c18-13-12-15(22-14(21-13)16(24)19-8-10-6-7-10)23(17(25)20-12)9-11-4-2-1-3-5-11;1-3-7-5(6)8-4-2/h1-5,10H,6-9H2,(H,19,24)(H,20,25)(H2,18,21,22);3-4H2,1-2H3. The van der Waals surface area contributed by atoms with E-state index in [1.807, 2.05) is 30.3 Å². The Morgan fingerprint density at radius 1 is 1.15 bits per heavy atom. The van der Waals surface area contributed by atoms with Crippen LogP contribution < -0.4 is 16.7 Å². The van der Waals surface area contributed by atoms with Gasteiger partial charge in [0.25, 0.3) is 5.91 Å². The molecule has 176 valence electrons. The molecule has 0 aliphatic heterocycles. The van der Waals surface area contributed by atoms with Crippen molar-refractivity contribution >= 4 is 29.0 Å². The first-order chi connectivity index (χ1) is 15.9. The first-order valence-electron chi connectivity index (χ1n) is 10.8. The minimum atomic E-state index is -0.588. The molecule has 0 unspecified atom stereocenters. The number of nitrogens with two attached hydrogens (primary N) is 1. The van der Waals surface area contributed by atoms with Gasteiger partial charge < -0.3 is 25.5 Å². The van der Waals surface area contributed by atoms with Crippen LogP contribution >= 0.6 is 0 Å². The molecule has 11 heteroatoms. The van der Waals surface area contributed by atoms with Crippen molar-refractivity contribution in [3.05, 3.63) is 52.2 Å². The molecule has 2 heterocycles. The smallest absolute Gasteiger partial charge is 0.435 e. The van der Waals surface area contributed by atoms with E-state index in [0.29, 0.717) is 43.4 Å². The largest absolute Gasteiger partial charge is 0.508 e. The highest BCUT2D eigenvalue weighted by molar-refractivity contribution is 5.94. The van der Waals surface area contributed by atoms with E-state index in [0.717, 1.165) is 18.4 Å². The number of amides is 1. The summed E-state index contributed by atoms with van der Waals surface area (Å²) in [6.07, 6.45) is 1.68. The molecule has 0 saturated heterocycles. The van der Waals surface area contributed by atoms with E-state index < -0.39 is 6.16 Å². The predicted octanol–water partition coefficient (Wildman–Crippen LogP) is 2.07.